The monoisotopic (exact) mass is 487 g/mol. The third-order valence-corrected chi connectivity index (χ3v) is 7.48. The summed E-state index contributed by atoms with van der Waals surface area (Å²) in [5.74, 6) is 0.420. The molecule has 2 saturated heterocycles. The minimum Gasteiger partial charge on any atom is -0.479 e. The number of aromatic nitrogens is 3. The van der Waals surface area contributed by atoms with Crippen LogP contribution < -0.4 is 10.6 Å². The molecule has 2 atom stereocenters. The van der Waals surface area contributed by atoms with Crippen molar-refractivity contribution in [3.63, 3.8) is 0 Å². The number of anilines is 1. The van der Waals surface area contributed by atoms with E-state index in [1.165, 1.54) is 4.90 Å². The molecular weight excluding hydrogens is 454 g/mol. The normalized spacial score (nSPS) is 22.4. The van der Waals surface area contributed by atoms with Crippen LogP contribution in [-0.4, -0.2) is 79.9 Å². The fourth-order valence-corrected chi connectivity index (χ4v) is 5.71. The smallest absolute Gasteiger partial charge is 0.336 e. The summed E-state index contributed by atoms with van der Waals surface area (Å²) >= 11 is 1.08. The van der Waals surface area contributed by atoms with Gasteiger partial charge in [0.1, 0.15) is 5.82 Å². The van der Waals surface area contributed by atoms with Gasteiger partial charge < -0.3 is 20.6 Å². The predicted molar refractivity (Wildman–Crippen MR) is 129 cm³/mol. The SMILES string of the molecule is CC(C)CC(N)C(=O)N1CCCC1(C(=O)O)c1nc(CN2CCN(c3ccccn3)CC2)ns1. The van der Waals surface area contributed by atoms with Gasteiger partial charge in [0, 0.05) is 38.9 Å². The Hall–Kier alpha value is -2.63. The van der Waals surface area contributed by atoms with Gasteiger partial charge in [0.2, 0.25) is 5.91 Å². The zero-order chi connectivity index (χ0) is 24.3. The average molecular weight is 488 g/mol. The first-order valence-corrected chi connectivity index (χ1v) is 12.6. The lowest BCUT2D eigenvalue weighted by atomic mass is 9.95. The van der Waals surface area contributed by atoms with Crippen molar-refractivity contribution in [1.82, 2.24) is 24.1 Å². The molecular formula is C23H33N7O3S. The molecule has 4 rings (SSSR count). The third-order valence-electron chi connectivity index (χ3n) is 6.58. The molecule has 2 aromatic rings. The number of carbonyl (C=O) groups is 2. The van der Waals surface area contributed by atoms with Gasteiger partial charge in [0.25, 0.3) is 0 Å². The number of pyridine rings is 1. The van der Waals surface area contributed by atoms with Gasteiger partial charge in [0.15, 0.2) is 16.4 Å². The van der Waals surface area contributed by atoms with Crippen LogP contribution in [-0.2, 0) is 21.7 Å². The molecule has 2 aliphatic heterocycles. The molecule has 0 bridgehead atoms. The van der Waals surface area contributed by atoms with Gasteiger partial charge in [-0.1, -0.05) is 19.9 Å². The third kappa shape index (κ3) is 4.91. The number of hydrogen-bond donors (Lipinski definition) is 2. The number of nitrogens with zero attached hydrogens (tertiary/aromatic N) is 6. The molecule has 0 aromatic carbocycles. The molecule has 0 saturated carbocycles. The average Bonchev–Trinajstić information content (AvgIpc) is 3.47. The predicted octanol–water partition coefficient (Wildman–Crippen LogP) is 1.53. The van der Waals surface area contributed by atoms with Crippen molar-refractivity contribution in [1.29, 1.82) is 0 Å². The molecule has 11 heteroatoms. The largest absolute Gasteiger partial charge is 0.479 e. The molecule has 2 fully saturated rings. The first kappa shape index (κ1) is 24.5. The summed E-state index contributed by atoms with van der Waals surface area (Å²) in [7, 11) is 0. The van der Waals surface area contributed by atoms with Crippen LogP contribution in [0.1, 0.15) is 43.9 Å². The highest BCUT2D eigenvalue weighted by Crippen LogP contribution is 2.40. The number of aliphatic carboxylic acids is 1. The molecule has 3 N–H and O–H groups in total. The van der Waals surface area contributed by atoms with E-state index in [1.807, 2.05) is 32.0 Å². The summed E-state index contributed by atoms with van der Waals surface area (Å²) in [6.45, 7) is 8.27. The summed E-state index contributed by atoms with van der Waals surface area (Å²) in [6, 6.07) is 5.18. The van der Waals surface area contributed by atoms with Crippen molar-refractivity contribution in [2.45, 2.75) is 51.2 Å². The number of nitrogens with two attached hydrogens (primary N) is 1. The van der Waals surface area contributed by atoms with E-state index in [1.54, 1.807) is 6.20 Å². The molecule has 10 nitrogen and oxygen atoms in total. The quantitative estimate of drug-likeness (QED) is 0.569. The van der Waals surface area contributed by atoms with E-state index < -0.39 is 17.6 Å². The Morgan fingerprint density at radius 2 is 1.97 bits per heavy atom. The Kier molecular flexibility index (Phi) is 7.44. The van der Waals surface area contributed by atoms with E-state index in [2.05, 4.69) is 24.1 Å². The Morgan fingerprint density at radius 3 is 2.62 bits per heavy atom. The summed E-state index contributed by atoms with van der Waals surface area (Å²) in [6.07, 6.45) is 3.22. The first-order valence-electron chi connectivity index (χ1n) is 11.8. The summed E-state index contributed by atoms with van der Waals surface area (Å²) < 4.78 is 4.48. The maximum atomic E-state index is 13.1. The van der Waals surface area contributed by atoms with Gasteiger partial charge in [-0.05, 0) is 48.8 Å². The number of carboxylic acid groups (broad SMARTS) is 1. The lowest BCUT2D eigenvalue weighted by Crippen LogP contribution is -2.55. The van der Waals surface area contributed by atoms with Crippen LogP contribution in [0.4, 0.5) is 5.82 Å². The van der Waals surface area contributed by atoms with Crippen LogP contribution in [0.2, 0.25) is 0 Å². The van der Waals surface area contributed by atoms with Gasteiger partial charge in [-0.3, -0.25) is 9.69 Å². The summed E-state index contributed by atoms with van der Waals surface area (Å²) in [5, 5.41) is 10.6. The minimum absolute atomic E-state index is 0.243. The van der Waals surface area contributed by atoms with Crippen LogP contribution in [0.15, 0.2) is 24.4 Å². The first-order chi connectivity index (χ1) is 16.3. The van der Waals surface area contributed by atoms with Crippen molar-refractivity contribution >= 4 is 29.2 Å². The Morgan fingerprint density at radius 1 is 1.21 bits per heavy atom. The molecule has 34 heavy (non-hydrogen) atoms. The molecule has 2 aliphatic rings. The summed E-state index contributed by atoms with van der Waals surface area (Å²) in [5.41, 5.74) is 4.66. The second-order valence-corrected chi connectivity index (χ2v) is 10.2. The second-order valence-electron chi connectivity index (χ2n) is 9.46. The zero-order valence-corrected chi connectivity index (χ0v) is 20.6. The van der Waals surface area contributed by atoms with Crippen molar-refractivity contribution < 1.29 is 14.7 Å². The van der Waals surface area contributed by atoms with Crippen molar-refractivity contribution in [2.24, 2.45) is 11.7 Å². The Bertz CT molecular complexity index is 993. The van der Waals surface area contributed by atoms with Crippen LogP contribution in [0.25, 0.3) is 0 Å². The number of carboxylic acids is 1. The van der Waals surface area contributed by atoms with E-state index in [4.69, 9.17) is 5.73 Å². The van der Waals surface area contributed by atoms with Crippen molar-refractivity contribution in [3.8, 4) is 0 Å². The highest BCUT2D eigenvalue weighted by atomic mass is 32.1. The van der Waals surface area contributed by atoms with Crippen LogP contribution in [0, 0.1) is 5.92 Å². The van der Waals surface area contributed by atoms with Crippen LogP contribution in [0.3, 0.4) is 0 Å². The lowest BCUT2D eigenvalue weighted by molar-refractivity contribution is -0.158. The highest BCUT2D eigenvalue weighted by molar-refractivity contribution is 7.05. The van der Waals surface area contributed by atoms with E-state index in [-0.39, 0.29) is 11.8 Å². The maximum absolute atomic E-state index is 13.1. The van der Waals surface area contributed by atoms with E-state index >= 15 is 0 Å². The van der Waals surface area contributed by atoms with Gasteiger partial charge in [-0.15, -0.1) is 0 Å². The number of carbonyl (C=O) groups excluding carboxylic acids is 1. The molecule has 0 aliphatic carbocycles. The molecule has 2 unspecified atom stereocenters. The minimum atomic E-state index is -1.49. The number of amides is 1. The molecule has 184 valence electrons. The topological polar surface area (TPSA) is 129 Å². The fourth-order valence-electron chi connectivity index (χ4n) is 4.82. The van der Waals surface area contributed by atoms with Crippen LogP contribution >= 0.6 is 11.5 Å². The Labute approximate surface area is 203 Å². The van der Waals surface area contributed by atoms with E-state index in [0.717, 1.165) is 43.5 Å². The number of hydrogen-bond acceptors (Lipinski definition) is 9. The van der Waals surface area contributed by atoms with Crippen molar-refractivity contribution in [3.05, 3.63) is 35.2 Å². The van der Waals surface area contributed by atoms with Crippen LogP contribution in [0.5, 0.6) is 0 Å². The molecule has 2 aromatic heterocycles. The summed E-state index contributed by atoms with van der Waals surface area (Å²) in [4.78, 5) is 40.6. The van der Waals surface area contributed by atoms with Gasteiger partial charge >= 0.3 is 5.97 Å². The Balaban J connectivity index is 1.45. The molecule has 0 radical (unpaired) electrons. The molecule has 0 spiro atoms. The molecule has 1 amide bonds. The fraction of sp³-hybridized carbons (Fsp3) is 0.609. The van der Waals surface area contributed by atoms with Gasteiger partial charge in [-0.25, -0.2) is 14.8 Å². The zero-order valence-electron chi connectivity index (χ0n) is 19.8. The van der Waals surface area contributed by atoms with E-state index in [9.17, 15) is 14.7 Å². The van der Waals surface area contributed by atoms with E-state index in [0.29, 0.717) is 43.2 Å². The highest BCUT2D eigenvalue weighted by Gasteiger charge is 2.54. The van der Waals surface area contributed by atoms with Gasteiger partial charge in [-0.2, -0.15) is 4.37 Å². The van der Waals surface area contributed by atoms with Crippen molar-refractivity contribution in [2.75, 3.05) is 37.6 Å². The second kappa shape index (κ2) is 10.3. The number of piperazine rings is 1. The maximum Gasteiger partial charge on any atom is 0.336 e. The lowest BCUT2D eigenvalue weighted by Gasteiger charge is -2.35. The van der Waals surface area contributed by atoms with Gasteiger partial charge in [0.05, 0.1) is 12.6 Å². The standard InChI is InChI=1S/C23H33N7O3S/c1-16(2)14-17(24)20(31)30-9-5-7-23(30,22(32)33)21-26-18(27-34-21)15-28-10-12-29(13-11-28)19-6-3-4-8-25-19/h3-4,6,8,16-17H,5,7,9-15,24H2,1-2H3,(H,32,33). The number of rotatable bonds is 8. The number of likely N-dealkylation sites (tertiary alicyclic amines) is 1. The molecule has 4 heterocycles.